The molecule has 0 saturated heterocycles. The molecule has 24 heavy (non-hydrogen) atoms. The molecule has 6 heteroatoms. The zero-order chi connectivity index (χ0) is 17.3. The van der Waals surface area contributed by atoms with Gasteiger partial charge in [0.15, 0.2) is 0 Å². The molecule has 0 saturated carbocycles. The highest BCUT2D eigenvalue weighted by Crippen LogP contribution is 2.29. The second kappa shape index (κ2) is 6.13. The van der Waals surface area contributed by atoms with E-state index in [1.54, 1.807) is 31.2 Å². The molecule has 3 aromatic rings. The Kier molecular flexibility index (Phi) is 4.15. The Bertz CT molecular complexity index is 960. The lowest BCUT2D eigenvalue weighted by atomic mass is 10.2. The van der Waals surface area contributed by atoms with Crippen LogP contribution in [0.2, 0.25) is 0 Å². The van der Waals surface area contributed by atoms with Crippen molar-refractivity contribution in [2.45, 2.75) is 30.2 Å². The average molecular weight is 341 g/mol. The first-order valence-corrected chi connectivity index (χ1v) is 9.06. The Morgan fingerprint density at radius 2 is 1.62 bits per heavy atom. The fourth-order valence-corrected chi connectivity index (χ4v) is 4.17. The Morgan fingerprint density at radius 3 is 2.25 bits per heavy atom. The topological polar surface area (TPSA) is 78.0 Å². The Hall–Kier alpha value is -2.60. The third-order valence-corrected chi connectivity index (χ3v) is 5.82. The van der Waals surface area contributed by atoms with Crippen LogP contribution >= 0.6 is 0 Å². The van der Waals surface area contributed by atoms with Crippen molar-refractivity contribution in [3.63, 3.8) is 0 Å². The number of aryl methyl sites for hydroxylation is 2. The summed E-state index contributed by atoms with van der Waals surface area (Å²) in [5, 5.41) is 4.33. The van der Waals surface area contributed by atoms with E-state index in [2.05, 4.69) is 5.10 Å². The van der Waals surface area contributed by atoms with Gasteiger partial charge in [0.25, 0.3) is 0 Å². The normalized spacial score (nSPS) is 11.6. The van der Waals surface area contributed by atoms with Crippen molar-refractivity contribution in [1.29, 1.82) is 0 Å². The van der Waals surface area contributed by atoms with E-state index in [9.17, 15) is 8.42 Å². The van der Waals surface area contributed by atoms with Gasteiger partial charge in [-0.2, -0.15) is 5.10 Å². The molecule has 0 atom stereocenters. The second-order valence-corrected chi connectivity index (χ2v) is 7.65. The molecule has 0 aliphatic carbocycles. The first-order valence-electron chi connectivity index (χ1n) is 7.58. The zero-order valence-corrected chi connectivity index (χ0v) is 14.4. The van der Waals surface area contributed by atoms with Crippen LogP contribution < -0.4 is 5.73 Å². The summed E-state index contributed by atoms with van der Waals surface area (Å²) < 4.78 is 27.4. The predicted molar refractivity (Wildman–Crippen MR) is 93.6 cm³/mol. The first-order chi connectivity index (χ1) is 11.4. The first kappa shape index (κ1) is 16.3. The summed E-state index contributed by atoms with van der Waals surface area (Å²) in [6, 6.07) is 16.4. The van der Waals surface area contributed by atoms with E-state index in [0.717, 1.165) is 11.1 Å². The molecule has 0 amide bonds. The van der Waals surface area contributed by atoms with E-state index < -0.39 is 9.84 Å². The fourth-order valence-electron chi connectivity index (χ4n) is 2.63. The van der Waals surface area contributed by atoms with Gasteiger partial charge in [0.2, 0.25) is 9.84 Å². The van der Waals surface area contributed by atoms with Crippen molar-refractivity contribution >= 4 is 15.7 Å². The second-order valence-electron chi connectivity index (χ2n) is 5.76. The number of nitrogens with two attached hydrogens (primary N) is 1. The van der Waals surface area contributed by atoms with E-state index in [-0.39, 0.29) is 15.6 Å². The molecule has 5 nitrogen and oxygen atoms in total. The maximum Gasteiger partial charge on any atom is 0.212 e. The predicted octanol–water partition coefficient (Wildman–Crippen LogP) is 2.96. The average Bonchev–Trinajstić information content (AvgIpc) is 2.83. The van der Waals surface area contributed by atoms with Gasteiger partial charge in [-0.15, -0.1) is 0 Å². The maximum atomic E-state index is 12.9. The summed E-state index contributed by atoms with van der Waals surface area (Å²) in [7, 11) is -3.70. The maximum absolute atomic E-state index is 12.9. The minimum absolute atomic E-state index is 0.0854. The van der Waals surface area contributed by atoms with Gasteiger partial charge < -0.3 is 5.73 Å². The lowest BCUT2D eigenvalue weighted by Crippen LogP contribution is -2.09. The summed E-state index contributed by atoms with van der Waals surface area (Å²) in [4.78, 5) is 0.310. The van der Waals surface area contributed by atoms with Gasteiger partial charge in [-0.05, 0) is 31.5 Å². The van der Waals surface area contributed by atoms with Crippen LogP contribution in [0.15, 0.2) is 64.4 Å². The van der Waals surface area contributed by atoms with E-state index in [1.165, 1.54) is 4.68 Å². The number of hydrogen-bond donors (Lipinski definition) is 1. The van der Waals surface area contributed by atoms with Gasteiger partial charge in [-0.1, -0.05) is 48.0 Å². The van der Waals surface area contributed by atoms with Crippen LogP contribution in [0, 0.1) is 13.8 Å². The Balaban J connectivity index is 2.04. The molecule has 1 heterocycles. The van der Waals surface area contributed by atoms with E-state index in [4.69, 9.17) is 5.73 Å². The molecule has 124 valence electrons. The van der Waals surface area contributed by atoms with Crippen molar-refractivity contribution in [2.75, 3.05) is 5.73 Å². The van der Waals surface area contributed by atoms with Crippen molar-refractivity contribution in [2.24, 2.45) is 0 Å². The van der Waals surface area contributed by atoms with Gasteiger partial charge >= 0.3 is 0 Å². The highest BCUT2D eigenvalue weighted by Gasteiger charge is 2.27. The molecule has 0 fully saturated rings. The monoisotopic (exact) mass is 341 g/mol. The summed E-state index contributed by atoms with van der Waals surface area (Å²) in [6.45, 7) is 4.00. The number of benzene rings is 2. The van der Waals surface area contributed by atoms with Gasteiger partial charge in [0, 0.05) is 0 Å². The highest BCUT2D eigenvalue weighted by atomic mass is 32.2. The minimum Gasteiger partial charge on any atom is -0.383 e. The third kappa shape index (κ3) is 2.92. The van der Waals surface area contributed by atoms with Crippen molar-refractivity contribution < 1.29 is 8.42 Å². The molecular weight excluding hydrogens is 322 g/mol. The SMILES string of the molecule is Cc1ccc(S(=O)(=O)c2c(C)nn(Cc3ccccc3)c2N)cc1. The van der Waals surface area contributed by atoms with Crippen LogP contribution in [0.3, 0.4) is 0 Å². The van der Waals surface area contributed by atoms with Crippen molar-refractivity contribution in [3.05, 3.63) is 71.4 Å². The molecule has 0 radical (unpaired) electrons. The number of hydrogen-bond acceptors (Lipinski definition) is 4. The van der Waals surface area contributed by atoms with Crippen molar-refractivity contribution in [1.82, 2.24) is 9.78 Å². The van der Waals surface area contributed by atoms with Crippen LogP contribution in [-0.2, 0) is 16.4 Å². The zero-order valence-electron chi connectivity index (χ0n) is 13.6. The number of anilines is 1. The molecule has 3 rings (SSSR count). The minimum atomic E-state index is -3.70. The summed E-state index contributed by atoms with van der Waals surface area (Å²) >= 11 is 0. The van der Waals surface area contributed by atoms with Crippen LogP contribution in [-0.4, -0.2) is 18.2 Å². The molecule has 0 spiro atoms. The van der Waals surface area contributed by atoms with E-state index in [0.29, 0.717) is 12.2 Å². The largest absolute Gasteiger partial charge is 0.383 e. The third-order valence-electron chi connectivity index (χ3n) is 3.89. The van der Waals surface area contributed by atoms with E-state index in [1.807, 2.05) is 37.3 Å². The molecule has 0 aliphatic heterocycles. The van der Waals surface area contributed by atoms with Crippen molar-refractivity contribution in [3.8, 4) is 0 Å². The van der Waals surface area contributed by atoms with Gasteiger partial charge in [-0.3, -0.25) is 0 Å². The Morgan fingerprint density at radius 1 is 1.00 bits per heavy atom. The number of nitrogen functional groups attached to an aromatic ring is 1. The number of nitrogens with zero attached hydrogens (tertiary/aromatic N) is 2. The summed E-state index contributed by atoms with van der Waals surface area (Å²) in [6.07, 6.45) is 0. The lowest BCUT2D eigenvalue weighted by molar-refractivity contribution is 0.596. The molecule has 2 N–H and O–H groups in total. The van der Waals surface area contributed by atoms with Crippen LogP contribution in [0.4, 0.5) is 5.82 Å². The molecule has 0 bridgehead atoms. The molecular formula is C18H19N3O2S. The summed E-state index contributed by atoms with van der Waals surface area (Å²) in [5.74, 6) is 0.164. The van der Waals surface area contributed by atoms with Crippen LogP contribution in [0.1, 0.15) is 16.8 Å². The highest BCUT2D eigenvalue weighted by molar-refractivity contribution is 7.91. The molecule has 1 aromatic heterocycles. The molecule has 0 unspecified atom stereocenters. The molecule has 2 aromatic carbocycles. The number of rotatable bonds is 4. The van der Waals surface area contributed by atoms with Gasteiger partial charge in [-0.25, -0.2) is 13.1 Å². The van der Waals surface area contributed by atoms with Gasteiger partial charge in [0.1, 0.15) is 10.7 Å². The smallest absolute Gasteiger partial charge is 0.212 e. The van der Waals surface area contributed by atoms with E-state index >= 15 is 0 Å². The van der Waals surface area contributed by atoms with Crippen LogP contribution in [0.5, 0.6) is 0 Å². The molecule has 0 aliphatic rings. The van der Waals surface area contributed by atoms with Crippen LogP contribution in [0.25, 0.3) is 0 Å². The standard InChI is InChI=1S/C18H19N3O2S/c1-13-8-10-16(11-9-13)24(22,23)17-14(2)20-21(18(17)19)12-15-6-4-3-5-7-15/h3-11H,12,19H2,1-2H3. The fraction of sp³-hybridized carbons (Fsp3) is 0.167. The Labute approximate surface area is 141 Å². The summed E-state index contributed by atoms with van der Waals surface area (Å²) in [5.41, 5.74) is 8.54. The quantitative estimate of drug-likeness (QED) is 0.791. The lowest BCUT2D eigenvalue weighted by Gasteiger charge is -2.07. The van der Waals surface area contributed by atoms with Gasteiger partial charge in [0.05, 0.1) is 17.1 Å². The number of aromatic nitrogens is 2. The number of sulfone groups is 1.